The minimum atomic E-state index is -0.367. The van der Waals surface area contributed by atoms with Crippen LogP contribution in [0.25, 0.3) is 0 Å². The van der Waals surface area contributed by atoms with Crippen molar-refractivity contribution < 1.29 is 4.39 Å². The van der Waals surface area contributed by atoms with Crippen LogP contribution in [0, 0.1) is 5.82 Å². The van der Waals surface area contributed by atoms with E-state index in [0.717, 1.165) is 0 Å². The molecule has 0 saturated heterocycles. The van der Waals surface area contributed by atoms with Gasteiger partial charge >= 0.3 is 0 Å². The Morgan fingerprint density at radius 1 is 1.57 bits per heavy atom. The van der Waals surface area contributed by atoms with Crippen molar-refractivity contribution in [2.75, 3.05) is 0 Å². The van der Waals surface area contributed by atoms with Crippen molar-refractivity contribution in [1.29, 1.82) is 0 Å². The van der Waals surface area contributed by atoms with Crippen molar-refractivity contribution in [2.45, 2.75) is 18.9 Å². The third kappa shape index (κ3) is 2.82. The van der Waals surface area contributed by atoms with Crippen molar-refractivity contribution in [3.8, 4) is 0 Å². The predicted molar refractivity (Wildman–Crippen MR) is 57.9 cm³/mol. The molecular weight excluding hydrogens is 201 g/mol. The molecule has 0 fully saturated rings. The number of hydrogen-bond acceptors (Lipinski definition) is 1. The van der Waals surface area contributed by atoms with E-state index in [1.54, 1.807) is 18.2 Å². The van der Waals surface area contributed by atoms with Gasteiger partial charge in [-0.25, -0.2) is 4.39 Å². The topological polar surface area (TPSA) is 26.0 Å². The molecule has 0 aliphatic heterocycles. The molecule has 1 aromatic rings. The average Bonchev–Trinajstić information content (AvgIpc) is 2.13. The minimum absolute atomic E-state index is 0.0968. The molecule has 0 heterocycles. The number of hydrogen-bond donors (Lipinski definition) is 1. The lowest BCUT2D eigenvalue weighted by Gasteiger charge is -2.10. The summed E-state index contributed by atoms with van der Waals surface area (Å²) in [7, 11) is 0. The number of halogens is 2. The molecular formula is C11H13ClFN. The Morgan fingerprint density at radius 2 is 2.29 bits per heavy atom. The maximum atomic E-state index is 13.4. The largest absolute Gasteiger partial charge is 0.327 e. The molecule has 1 rings (SSSR count). The third-order valence-corrected chi connectivity index (χ3v) is 2.27. The Labute approximate surface area is 88.4 Å². The van der Waals surface area contributed by atoms with Gasteiger partial charge < -0.3 is 5.73 Å². The molecule has 0 radical (unpaired) electrons. The predicted octanol–water partition coefficient (Wildman–Crippen LogP) is 2.93. The van der Waals surface area contributed by atoms with Crippen molar-refractivity contribution >= 4 is 11.6 Å². The van der Waals surface area contributed by atoms with Gasteiger partial charge in [-0.15, -0.1) is 6.58 Å². The molecule has 0 bridgehead atoms. The Bertz CT molecular complexity index is 325. The molecule has 76 valence electrons. The lowest BCUT2D eigenvalue weighted by atomic mass is 10.0. The van der Waals surface area contributed by atoms with E-state index in [2.05, 4.69) is 6.58 Å². The molecule has 14 heavy (non-hydrogen) atoms. The summed E-state index contributed by atoms with van der Waals surface area (Å²) in [4.78, 5) is 0. The average molecular weight is 214 g/mol. The molecule has 1 nitrogen and oxygen atoms in total. The monoisotopic (exact) mass is 213 g/mol. The Kier molecular flexibility index (Phi) is 4.11. The Balaban J connectivity index is 2.76. The quantitative estimate of drug-likeness (QED) is 0.765. The number of nitrogens with two attached hydrogens (primary N) is 1. The van der Waals surface area contributed by atoms with Crippen molar-refractivity contribution in [3.05, 3.63) is 47.3 Å². The fourth-order valence-corrected chi connectivity index (χ4v) is 1.48. The van der Waals surface area contributed by atoms with Gasteiger partial charge in [0.2, 0.25) is 0 Å². The molecule has 1 atom stereocenters. The number of benzene rings is 1. The maximum absolute atomic E-state index is 13.4. The highest BCUT2D eigenvalue weighted by molar-refractivity contribution is 6.30. The first-order valence-electron chi connectivity index (χ1n) is 4.44. The Hall–Kier alpha value is -0.860. The van der Waals surface area contributed by atoms with Gasteiger partial charge in [-0.05, 0) is 24.5 Å². The molecule has 2 N–H and O–H groups in total. The van der Waals surface area contributed by atoms with Gasteiger partial charge in [0.15, 0.2) is 0 Å². The molecule has 0 aliphatic rings. The fourth-order valence-electron chi connectivity index (χ4n) is 1.29. The zero-order chi connectivity index (χ0) is 10.6. The summed E-state index contributed by atoms with van der Waals surface area (Å²) in [6.07, 6.45) is 2.89. The van der Waals surface area contributed by atoms with E-state index in [1.807, 2.05) is 0 Å². The van der Waals surface area contributed by atoms with Gasteiger partial charge in [-0.3, -0.25) is 0 Å². The van der Waals surface area contributed by atoms with Gasteiger partial charge in [-0.2, -0.15) is 0 Å². The van der Waals surface area contributed by atoms with E-state index in [4.69, 9.17) is 17.3 Å². The molecule has 0 aromatic heterocycles. The number of rotatable bonds is 4. The molecule has 1 unspecified atom stereocenters. The zero-order valence-electron chi connectivity index (χ0n) is 7.84. The second-order valence-electron chi connectivity index (χ2n) is 3.20. The van der Waals surface area contributed by atoms with E-state index in [-0.39, 0.29) is 16.9 Å². The summed E-state index contributed by atoms with van der Waals surface area (Å²) in [6, 6.07) is 4.85. The van der Waals surface area contributed by atoms with Crippen molar-refractivity contribution in [3.63, 3.8) is 0 Å². The van der Waals surface area contributed by atoms with Crippen LogP contribution < -0.4 is 5.73 Å². The van der Waals surface area contributed by atoms with E-state index in [0.29, 0.717) is 18.4 Å². The molecule has 1 aromatic carbocycles. The van der Waals surface area contributed by atoms with Gasteiger partial charge in [0.1, 0.15) is 5.82 Å². The first-order valence-corrected chi connectivity index (χ1v) is 4.82. The SMILES string of the molecule is C=CCC(N)Cc1cccc(Cl)c1F. The normalized spacial score (nSPS) is 12.5. The van der Waals surface area contributed by atoms with Gasteiger partial charge in [0, 0.05) is 6.04 Å². The van der Waals surface area contributed by atoms with Crippen LogP contribution in [0.1, 0.15) is 12.0 Å². The summed E-state index contributed by atoms with van der Waals surface area (Å²) in [5, 5.41) is 0.147. The second-order valence-corrected chi connectivity index (χ2v) is 3.61. The summed E-state index contributed by atoms with van der Waals surface area (Å²) < 4.78 is 13.4. The van der Waals surface area contributed by atoms with Crippen LogP contribution in [-0.2, 0) is 6.42 Å². The van der Waals surface area contributed by atoms with Crippen LogP contribution in [0.5, 0.6) is 0 Å². The maximum Gasteiger partial charge on any atom is 0.145 e. The highest BCUT2D eigenvalue weighted by atomic mass is 35.5. The second kappa shape index (κ2) is 5.13. The summed E-state index contributed by atoms with van der Waals surface area (Å²) in [5.74, 6) is -0.367. The third-order valence-electron chi connectivity index (χ3n) is 1.98. The van der Waals surface area contributed by atoms with Crippen molar-refractivity contribution in [2.24, 2.45) is 5.73 Å². The van der Waals surface area contributed by atoms with Crippen LogP contribution >= 0.6 is 11.6 Å². The van der Waals surface area contributed by atoms with Gasteiger partial charge in [-0.1, -0.05) is 29.8 Å². The van der Waals surface area contributed by atoms with E-state index < -0.39 is 0 Å². The first-order chi connectivity index (χ1) is 6.65. The van der Waals surface area contributed by atoms with Crippen LogP contribution in [0.15, 0.2) is 30.9 Å². The minimum Gasteiger partial charge on any atom is -0.327 e. The highest BCUT2D eigenvalue weighted by Gasteiger charge is 2.09. The summed E-state index contributed by atoms with van der Waals surface area (Å²) >= 11 is 5.64. The lowest BCUT2D eigenvalue weighted by molar-refractivity contribution is 0.587. The smallest absolute Gasteiger partial charge is 0.145 e. The molecule has 3 heteroatoms. The van der Waals surface area contributed by atoms with E-state index in [1.165, 1.54) is 6.07 Å². The van der Waals surface area contributed by atoms with Crippen LogP contribution in [0.3, 0.4) is 0 Å². The lowest BCUT2D eigenvalue weighted by Crippen LogP contribution is -2.22. The summed E-state index contributed by atoms with van der Waals surface area (Å²) in [6.45, 7) is 3.58. The highest BCUT2D eigenvalue weighted by Crippen LogP contribution is 2.19. The van der Waals surface area contributed by atoms with Gasteiger partial charge in [0.05, 0.1) is 5.02 Å². The molecule has 0 spiro atoms. The summed E-state index contributed by atoms with van der Waals surface area (Å²) in [5.41, 5.74) is 6.32. The molecule has 0 saturated carbocycles. The van der Waals surface area contributed by atoms with Crippen molar-refractivity contribution in [1.82, 2.24) is 0 Å². The van der Waals surface area contributed by atoms with Crippen LogP contribution in [0.4, 0.5) is 4.39 Å². The fraction of sp³-hybridized carbons (Fsp3) is 0.273. The standard InChI is InChI=1S/C11H13ClFN/c1-2-4-9(14)7-8-5-3-6-10(12)11(8)13/h2-3,5-6,9H,1,4,7,14H2. The van der Waals surface area contributed by atoms with Crippen LogP contribution in [-0.4, -0.2) is 6.04 Å². The van der Waals surface area contributed by atoms with Crippen LogP contribution in [0.2, 0.25) is 5.02 Å². The first kappa shape index (κ1) is 11.2. The van der Waals surface area contributed by atoms with E-state index in [9.17, 15) is 4.39 Å². The zero-order valence-corrected chi connectivity index (χ0v) is 8.60. The molecule has 0 amide bonds. The van der Waals surface area contributed by atoms with E-state index >= 15 is 0 Å². The van der Waals surface area contributed by atoms with Gasteiger partial charge in [0.25, 0.3) is 0 Å². The molecule has 0 aliphatic carbocycles. The Morgan fingerprint density at radius 3 is 2.93 bits per heavy atom.